The summed E-state index contributed by atoms with van der Waals surface area (Å²) in [6.07, 6.45) is 3.69. The van der Waals surface area contributed by atoms with Crippen LogP contribution in [0.4, 0.5) is 5.69 Å². The molecule has 2 saturated heterocycles. The van der Waals surface area contributed by atoms with Gasteiger partial charge >= 0.3 is 0 Å². The normalized spacial score (nSPS) is 26.8. The van der Waals surface area contributed by atoms with Crippen molar-refractivity contribution in [1.29, 1.82) is 0 Å². The predicted molar refractivity (Wildman–Crippen MR) is 168 cm³/mol. The molecule has 222 valence electrons. The first-order chi connectivity index (χ1) is 20.2. The number of hydrogen-bond acceptors (Lipinski definition) is 8. The molecule has 0 aromatic heterocycles. The van der Waals surface area contributed by atoms with Gasteiger partial charge in [-0.15, -0.1) is 23.5 Å². The first-order valence-corrected chi connectivity index (χ1v) is 16.2. The second kappa shape index (κ2) is 11.9. The Bertz CT molecular complexity index is 1460. The van der Waals surface area contributed by atoms with Gasteiger partial charge in [-0.25, -0.2) is 0 Å². The summed E-state index contributed by atoms with van der Waals surface area (Å²) in [6, 6.07) is 16.6. The number of thioether (sulfide) groups is 2. The van der Waals surface area contributed by atoms with Crippen LogP contribution in [0.25, 0.3) is 5.57 Å². The van der Waals surface area contributed by atoms with Crippen molar-refractivity contribution in [3.05, 3.63) is 71.3 Å². The lowest BCUT2D eigenvalue weighted by Gasteiger charge is -2.48. The minimum Gasteiger partial charge on any atom is -0.400 e. The minimum absolute atomic E-state index is 0.0545. The minimum atomic E-state index is -1.16. The fourth-order valence-electron chi connectivity index (χ4n) is 6.85. The maximum absolute atomic E-state index is 14.5. The Morgan fingerprint density at radius 1 is 1.00 bits per heavy atom. The number of fused-ring (bicyclic) bond motifs is 6. The van der Waals surface area contributed by atoms with E-state index in [9.17, 15) is 19.2 Å². The molecule has 6 rings (SSSR count). The molecule has 3 heterocycles. The van der Waals surface area contributed by atoms with Gasteiger partial charge in [-0.2, -0.15) is 0 Å². The molecule has 4 atom stereocenters. The number of benzene rings is 2. The van der Waals surface area contributed by atoms with Gasteiger partial charge in [-0.05, 0) is 48.6 Å². The lowest BCUT2D eigenvalue weighted by Crippen LogP contribution is -2.68. The molecular formula is C32H37N3O5S2. The van der Waals surface area contributed by atoms with E-state index < -0.39 is 21.8 Å². The maximum Gasteiger partial charge on any atom is 0.260 e. The molecule has 0 bridgehead atoms. The van der Waals surface area contributed by atoms with Crippen LogP contribution in [0.3, 0.4) is 0 Å². The van der Waals surface area contributed by atoms with Crippen LogP contribution in [-0.4, -0.2) is 80.4 Å². The molecule has 3 aliphatic heterocycles. The molecule has 0 radical (unpaired) electrons. The number of nitrogens with zero attached hydrogens (tertiary/aromatic N) is 2. The number of aliphatic hydroxyl groups is 1. The number of carbonyl (C=O) groups is 4. The van der Waals surface area contributed by atoms with Crippen molar-refractivity contribution < 1.29 is 24.3 Å². The number of piperazine rings is 1. The van der Waals surface area contributed by atoms with Gasteiger partial charge in [0.15, 0.2) is 10.2 Å². The molecule has 4 aliphatic rings. The number of hydrogen-bond donors (Lipinski definition) is 2. The zero-order valence-electron chi connectivity index (χ0n) is 24.4. The molecular weight excluding hydrogens is 571 g/mol. The topological polar surface area (TPSA) is 107 Å². The second-order valence-electron chi connectivity index (χ2n) is 11.1. The number of allylic oxidation sites excluding steroid dienone is 1. The van der Waals surface area contributed by atoms with Crippen molar-refractivity contribution in [3.63, 3.8) is 0 Å². The maximum atomic E-state index is 14.5. The van der Waals surface area contributed by atoms with Crippen LogP contribution in [0.1, 0.15) is 49.8 Å². The second-order valence-corrected chi connectivity index (χ2v) is 13.7. The highest BCUT2D eigenvalue weighted by molar-refractivity contribution is 8.01. The number of carbonyl (C=O) groups excluding carboxylic acids is 4. The Morgan fingerprint density at radius 2 is 1.67 bits per heavy atom. The molecule has 1 aliphatic carbocycles. The van der Waals surface area contributed by atoms with Gasteiger partial charge in [0, 0.05) is 50.6 Å². The van der Waals surface area contributed by atoms with Gasteiger partial charge < -0.3 is 15.3 Å². The molecule has 2 aromatic carbocycles. The summed E-state index contributed by atoms with van der Waals surface area (Å²) < 4.78 is 0. The smallest absolute Gasteiger partial charge is 0.260 e. The number of aliphatic hydroxyl groups excluding tert-OH is 1. The van der Waals surface area contributed by atoms with E-state index in [2.05, 4.69) is 29.6 Å². The van der Waals surface area contributed by atoms with Crippen molar-refractivity contribution in [2.75, 3.05) is 31.0 Å². The third-order valence-corrected chi connectivity index (χ3v) is 11.3. The van der Waals surface area contributed by atoms with E-state index in [1.54, 1.807) is 18.9 Å². The first kappa shape index (κ1) is 30.4. The van der Waals surface area contributed by atoms with Crippen molar-refractivity contribution in [2.24, 2.45) is 0 Å². The third-order valence-electron chi connectivity index (χ3n) is 8.63. The van der Waals surface area contributed by atoms with E-state index in [0.717, 1.165) is 35.9 Å². The fraction of sp³-hybridized carbons (Fsp3) is 0.438. The largest absolute Gasteiger partial charge is 0.400 e. The number of amides is 2. The zero-order valence-corrected chi connectivity index (χ0v) is 26.0. The van der Waals surface area contributed by atoms with Crippen LogP contribution in [0.2, 0.25) is 0 Å². The summed E-state index contributed by atoms with van der Waals surface area (Å²) >= 11 is 2.77. The highest BCUT2D eigenvalue weighted by Gasteiger charge is 2.72. The monoisotopic (exact) mass is 607 g/mol. The Morgan fingerprint density at radius 3 is 2.40 bits per heavy atom. The average molecular weight is 608 g/mol. The van der Waals surface area contributed by atoms with Crippen LogP contribution < -0.4 is 5.32 Å². The van der Waals surface area contributed by atoms with Gasteiger partial charge in [-0.1, -0.05) is 48.5 Å². The van der Waals surface area contributed by atoms with Crippen LogP contribution in [0.15, 0.2) is 54.6 Å². The molecule has 2 aromatic rings. The standard InChI is InChI=1S/C31H33N3O4S2.CH4O/c1-19(35)14-16-39-27-26(37)34-28-30(24-10-6-7-11-25(24)32-28,23-13-12-21-8-4-5-9-22(21)23)18-31(34,29(38)33(27)3)40-17-15-20(2)36;1-2/h4-11,13,27-28,32H,12,14-18H2,1-3H3;2H,1H3/t27-,28+,30-,31-;/m0./s1. The molecule has 2 amide bonds. The van der Waals surface area contributed by atoms with Gasteiger partial charge in [0.1, 0.15) is 17.7 Å². The Kier molecular flexibility index (Phi) is 8.60. The number of anilines is 1. The van der Waals surface area contributed by atoms with Crippen molar-refractivity contribution in [1.82, 2.24) is 9.80 Å². The number of likely N-dealkylation sites (N-methyl/N-ethyl adjacent to an activating group) is 1. The van der Waals surface area contributed by atoms with E-state index >= 15 is 0 Å². The SMILES string of the molecule is CC(=O)CCS[C@H]1C(=O)N2[C@H]3Nc4ccccc4[C@@]3(C3=CCc4ccccc43)C[C@]2(SCCC(C)=O)C(=O)N1C.CO. The number of Topliss-reactive ketones (excluding diaryl/α,β-unsaturated/α-hetero) is 2. The molecule has 0 saturated carbocycles. The molecule has 0 spiro atoms. The lowest BCUT2D eigenvalue weighted by atomic mass is 9.70. The number of para-hydroxylation sites is 1. The Hall–Kier alpha value is -3.08. The van der Waals surface area contributed by atoms with E-state index in [4.69, 9.17) is 5.11 Å². The zero-order chi connectivity index (χ0) is 30.2. The molecule has 2 fully saturated rings. The van der Waals surface area contributed by atoms with Gasteiger partial charge in [0.25, 0.3) is 11.8 Å². The molecule has 10 heteroatoms. The van der Waals surface area contributed by atoms with Crippen LogP contribution in [-0.2, 0) is 31.0 Å². The van der Waals surface area contributed by atoms with Gasteiger partial charge in [0.2, 0.25) is 0 Å². The van der Waals surface area contributed by atoms with Gasteiger partial charge in [0.05, 0.1) is 5.41 Å². The van der Waals surface area contributed by atoms with Crippen LogP contribution in [0.5, 0.6) is 0 Å². The summed E-state index contributed by atoms with van der Waals surface area (Å²) in [5.41, 5.74) is 4.97. The average Bonchev–Trinajstić information content (AvgIpc) is 3.63. The van der Waals surface area contributed by atoms with E-state index in [1.807, 2.05) is 35.2 Å². The number of rotatable bonds is 9. The predicted octanol–water partition coefficient (Wildman–Crippen LogP) is 4.08. The van der Waals surface area contributed by atoms with Crippen molar-refractivity contribution >= 4 is 58.2 Å². The first-order valence-electron chi connectivity index (χ1n) is 14.2. The Labute approximate surface area is 255 Å². The summed E-state index contributed by atoms with van der Waals surface area (Å²) in [6.45, 7) is 3.09. The van der Waals surface area contributed by atoms with Crippen molar-refractivity contribution in [2.45, 2.75) is 61.4 Å². The van der Waals surface area contributed by atoms with Crippen LogP contribution in [0, 0.1) is 0 Å². The third kappa shape index (κ3) is 4.68. The highest BCUT2D eigenvalue weighted by atomic mass is 32.2. The summed E-state index contributed by atoms with van der Waals surface area (Å²) in [4.78, 5) is 54.8. The number of ketones is 2. The van der Waals surface area contributed by atoms with E-state index in [1.165, 1.54) is 36.0 Å². The quantitative estimate of drug-likeness (QED) is 0.440. The van der Waals surface area contributed by atoms with E-state index in [0.29, 0.717) is 30.8 Å². The lowest BCUT2D eigenvalue weighted by molar-refractivity contribution is -0.157. The summed E-state index contributed by atoms with van der Waals surface area (Å²) in [5.74, 6) is 0.759. The summed E-state index contributed by atoms with van der Waals surface area (Å²) in [7, 11) is 2.70. The highest BCUT2D eigenvalue weighted by Crippen LogP contribution is 2.65. The van der Waals surface area contributed by atoms with Crippen LogP contribution >= 0.6 is 23.5 Å². The molecule has 0 unspecified atom stereocenters. The Balaban J connectivity index is 0.00000173. The van der Waals surface area contributed by atoms with Crippen molar-refractivity contribution in [3.8, 4) is 0 Å². The fourth-order valence-corrected chi connectivity index (χ4v) is 9.71. The summed E-state index contributed by atoms with van der Waals surface area (Å²) in [5, 5.41) is 9.96. The van der Waals surface area contributed by atoms with Gasteiger partial charge in [-0.3, -0.25) is 24.1 Å². The number of nitrogens with one attached hydrogen (secondary N) is 1. The molecule has 2 N–H and O–H groups in total. The molecule has 8 nitrogen and oxygen atoms in total. The molecule has 42 heavy (non-hydrogen) atoms. The van der Waals surface area contributed by atoms with E-state index in [-0.39, 0.29) is 23.4 Å².